The fraction of sp³-hybridized carbons (Fsp3) is 0.500. The predicted molar refractivity (Wildman–Crippen MR) is 85.0 cm³/mol. The van der Waals surface area contributed by atoms with E-state index in [4.69, 9.17) is 12.2 Å². The molecule has 0 saturated carbocycles. The standard InChI is InChI=1S/C12H16N4OS3/c1-6(2)4-10-15-16-11(20-10)14-9(17)5-8-7(3)13-12(18)19-8/h6H,4-5H2,1-3H3,(H,13,18)(H,14,16,17). The minimum absolute atomic E-state index is 0.0920. The van der Waals surface area contributed by atoms with Gasteiger partial charge in [-0.05, 0) is 25.1 Å². The van der Waals surface area contributed by atoms with Crippen molar-refractivity contribution in [1.29, 1.82) is 0 Å². The lowest BCUT2D eigenvalue weighted by Gasteiger charge is -2.00. The van der Waals surface area contributed by atoms with Crippen LogP contribution in [-0.2, 0) is 17.6 Å². The number of carbonyl (C=O) groups is 1. The zero-order valence-electron chi connectivity index (χ0n) is 11.5. The van der Waals surface area contributed by atoms with Crippen LogP contribution in [0, 0.1) is 16.8 Å². The Balaban J connectivity index is 1.96. The molecule has 0 unspecified atom stereocenters. The van der Waals surface area contributed by atoms with Gasteiger partial charge in [0, 0.05) is 17.0 Å². The summed E-state index contributed by atoms with van der Waals surface area (Å²) >= 11 is 7.92. The molecule has 0 bridgehead atoms. The zero-order valence-corrected chi connectivity index (χ0v) is 14.0. The number of nitrogens with one attached hydrogen (secondary N) is 2. The predicted octanol–water partition coefficient (Wildman–Crippen LogP) is 3.35. The van der Waals surface area contributed by atoms with Crippen LogP contribution in [-0.4, -0.2) is 21.1 Å². The molecule has 0 aliphatic rings. The molecule has 2 heterocycles. The summed E-state index contributed by atoms with van der Waals surface area (Å²) in [6.45, 7) is 6.17. The quantitative estimate of drug-likeness (QED) is 0.826. The van der Waals surface area contributed by atoms with Gasteiger partial charge in [0.1, 0.15) is 5.01 Å². The number of hydrogen-bond acceptors (Lipinski definition) is 6. The van der Waals surface area contributed by atoms with Gasteiger partial charge in [-0.3, -0.25) is 4.79 Å². The zero-order chi connectivity index (χ0) is 14.7. The minimum Gasteiger partial charge on any atom is -0.341 e. The summed E-state index contributed by atoms with van der Waals surface area (Å²) in [5.74, 6) is 0.437. The summed E-state index contributed by atoms with van der Waals surface area (Å²) in [6.07, 6.45) is 1.19. The first-order chi connectivity index (χ1) is 9.44. The van der Waals surface area contributed by atoms with Gasteiger partial charge in [-0.2, -0.15) is 0 Å². The van der Waals surface area contributed by atoms with Crippen molar-refractivity contribution in [3.8, 4) is 0 Å². The first kappa shape index (κ1) is 15.3. The van der Waals surface area contributed by atoms with E-state index >= 15 is 0 Å². The second-order valence-corrected chi connectivity index (χ2v) is 7.72. The van der Waals surface area contributed by atoms with Crippen LogP contribution in [0.25, 0.3) is 0 Å². The number of carbonyl (C=O) groups excluding carboxylic acids is 1. The molecule has 8 heteroatoms. The van der Waals surface area contributed by atoms with Crippen molar-refractivity contribution < 1.29 is 4.79 Å². The van der Waals surface area contributed by atoms with E-state index in [2.05, 4.69) is 34.3 Å². The maximum Gasteiger partial charge on any atom is 0.231 e. The lowest BCUT2D eigenvalue weighted by molar-refractivity contribution is -0.115. The van der Waals surface area contributed by atoms with Crippen LogP contribution in [0.15, 0.2) is 0 Å². The fourth-order valence-corrected chi connectivity index (χ4v) is 3.91. The Morgan fingerprint density at radius 2 is 2.15 bits per heavy atom. The first-order valence-electron chi connectivity index (χ1n) is 6.25. The van der Waals surface area contributed by atoms with Crippen LogP contribution in [0.2, 0.25) is 0 Å². The maximum absolute atomic E-state index is 12.0. The third-order valence-electron chi connectivity index (χ3n) is 2.54. The molecule has 5 nitrogen and oxygen atoms in total. The van der Waals surface area contributed by atoms with Gasteiger partial charge in [0.25, 0.3) is 0 Å². The van der Waals surface area contributed by atoms with Crippen molar-refractivity contribution in [2.75, 3.05) is 5.32 Å². The minimum atomic E-state index is -0.0920. The number of aromatic nitrogens is 3. The summed E-state index contributed by atoms with van der Waals surface area (Å²) in [5, 5.41) is 12.4. The molecule has 108 valence electrons. The van der Waals surface area contributed by atoms with Crippen molar-refractivity contribution in [3.63, 3.8) is 0 Å². The molecule has 20 heavy (non-hydrogen) atoms. The number of aromatic amines is 1. The smallest absolute Gasteiger partial charge is 0.231 e. The Labute approximate surface area is 130 Å². The van der Waals surface area contributed by atoms with Crippen LogP contribution in [0.5, 0.6) is 0 Å². The number of anilines is 1. The Bertz CT molecular complexity index is 656. The highest BCUT2D eigenvalue weighted by molar-refractivity contribution is 7.73. The Kier molecular flexibility index (Phi) is 5.00. The molecule has 0 fully saturated rings. The molecular formula is C12H16N4OS3. The number of aryl methyl sites for hydroxylation is 1. The highest BCUT2D eigenvalue weighted by Gasteiger charge is 2.12. The maximum atomic E-state index is 12.0. The van der Waals surface area contributed by atoms with E-state index in [1.54, 1.807) is 0 Å². The van der Waals surface area contributed by atoms with Crippen LogP contribution in [0.1, 0.15) is 29.4 Å². The van der Waals surface area contributed by atoms with Crippen LogP contribution in [0.4, 0.5) is 5.13 Å². The highest BCUT2D eigenvalue weighted by atomic mass is 32.1. The second-order valence-electron chi connectivity index (χ2n) is 4.89. The number of amides is 1. The van der Waals surface area contributed by atoms with Crippen molar-refractivity contribution in [3.05, 3.63) is 19.5 Å². The number of rotatable bonds is 5. The van der Waals surface area contributed by atoms with Gasteiger partial charge in [-0.1, -0.05) is 25.2 Å². The SMILES string of the molecule is Cc1[nH]c(=S)sc1CC(=O)Nc1nnc(CC(C)C)s1. The van der Waals surface area contributed by atoms with E-state index in [1.807, 2.05) is 6.92 Å². The topological polar surface area (TPSA) is 70.7 Å². The molecule has 2 aromatic heterocycles. The number of hydrogen-bond donors (Lipinski definition) is 2. The van der Waals surface area contributed by atoms with Gasteiger partial charge in [-0.25, -0.2) is 0 Å². The van der Waals surface area contributed by atoms with Gasteiger partial charge >= 0.3 is 0 Å². The lowest BCUT2D eigenvalue weighted by Crippen LogP contribution is -2.14. The average Bonchev–Trinajstić information content (AvgIpc) is 2.85. The Morgan fingerprint density at radius 1 is 1.40 bits per heavy atom. The van der Waals surface area contributed by atoms with Crippen molar-refractivity contribution in [1.82, 2.24) is 15.2 Å². The van der Waals surface area contributed by atoms with Gasteiger partial charge in [0.05, 0.1) is 6.42 Å². The molecule has 0 atom stereocenters. The first-order valence-corrected chi connectivity index (χ1v) is 8.29. The summed E-state index contributed by atoms with van der Waals surface area (Å²) in [5.41, 5.74) is 0.952. The van der Waals surface area contributed by atoms with E-state index in [-0.39, 0.29) is 5.91 Å². The highest BCUT2D eigenvalue weighted by Crippen LogP contribution is 2.20. The lowest BCUT2D eigenvalue weighted by atomic mass is 10.1. The molecule has 0 aliphatic carbocycles. The van der Waals surface area contributed by atoms with E-state index in [9.17, 15) is 4.79 Å². The van der Waals surface area contributed by atoms with Gasteiger partial charge in [0.2, 0.25) is 11.0 Å². The largest absolute Gasteiger partial charge is 0.341 e. The summed E-state index contributed by atoms with van der Waals surface area (Å²) in [7, 11) is 0. The van der Waals surface area contributed by atoms with E-state index in [0.717, 1.165) is 22.0 Å². The van der Waals surface area contributed by atoms with Crippen LogP contribution in [0.3, 0.4) is 0 Å². The average molecular weight is 328 g/mol. The Hall–Kier alpha value is -1.12. The van der Waals surface area contributed by atoms with Gasteiger partial charge < -0.3 is 10.3 Å². The van der Waals surface area contributed by atoms with Crippen LogP contribution >= 0.6 is 34.9 Å². The van der Waals surface area contributed by atoms with E-state index in [0.29, 0.717) is 21.4 Å². The molecule has 0 aromatic carbocycles. The summed E-state index contributed by atoms with van der Waals surface area (Å²) in [6, 6.07) is 0. The molecule has 2 N–H and O–H groups in total. The van der Waals surface area contributed by atoms with E-state index < -0.39 is 0 Å². The summed E-state index contributed by atoms with van der Waals surface area (Å²) in [4.78, 5) is 15.9. The number of thiazole rings is 1. The van der Waals surface area contributed by atoms with Gasteiger partial charge in [0.15, 0.2) is 3.95 Å². The molecule has 1 amide bonds. The molecule has 0 saturated heterocycles. The van der Waals surface area contributed by atoms with Crippen molar-refractivity contribution in [2.45, 2.75) is 33.6 Å². The molecular weight excluding hydrogens is 312 g/mol. The molecule has 0 spiro atoms. The normalized spacial score (nSPS) is 11.0. The molecule has 0 aliphatic heterocycles. The fourth-order valence-electron chi connectivity index (χ4n) is 1.65. The number of H-pyrrole nitrogens is 1. The van der Waals surface area contributed by atoms with Gasteiger partial charge in [-0.15, -0.1) is 21.5 Å². The summed E-state index contributed by atoms with van der Waals surface area (Å²) < 4.78 is 0.695. The number of nitrogens with zero attached hydrogens (tertiary/aromatic N) is 2. The van der Waals surface area contributed by atoms with Crippen LogP contribution < -0.4 is 5.32 Å². The monoisotopic (exact) mass is 328 g/mol. The molecule has 0 radical (unpaired) electrons. The third-order valence-corrected chi connectivity index (χ3v) is 4.74. The Morgan fingerprint density at radius 3 is 2.75 bits per heavy atom. The molecule has 2 rings (SSSR count). The second kappa shape index (κ2) is 6.55. The van der Waals surface area contributed by atoms with E-state index in [1.165, 1.54) is 22.7 Å². The third kappa shape index (κ3) is 4.19. The molecule has 2 aromatic rings. The van der Waals surface area contributed by atoms with Crippen molar-refractivity contribution >= 4 is 45.9 Å². The van der Waals surface area contributed by atoms with Crippen molar-refractivity contribution in [2.24, 2.45) is 5.92 Å².